The lowest BCUT2D eigenvalue weighted by Crippen LogP contribution is -2.52. The summed E-state index contributed by atoms with van der Waals surface area (Å²) in [6.45, 7) is 4.89. The average Bonchev–Trinajstić information content (AvgIpc) is 3.53. The smallest absolute Gasteiger partial charge is 0.255 e. The highest BCUT2D eigenvalue weighted by atomic mass is 32.2. The number of hydrogen-bond donors (Lipinski definition) is 5. The molecule has 0 spiro atoms. The van der Waals surface area contributed by atoms with Gasteiger partial charge in [0.2, 0.25) is 29.5 Å². The van der Waals surface area contributed by atoms with Crippen LogP contribution in [0, 0.1) is 0 Å². The van der Waals surface area contributed by atoms with E-state index in [0.717, 1.165) is 41.7 Å². The highest BCUT2D eigenvalue weighted by molar-refractivity contribution is 7.99. The van der Waals surface area contributed by atoms with Gasteiger partial charge < -0.3 is 40.5 Å². The van der Waals surface area contributed by atoms with Gasteiger partial charge in [-0.05, 0) is 75.2 Å². The first-order chi connectivity index (χ1) is 28.0. The molecule has 1 aromatic heterocycles. The molecule has 2 aromatic carbocycles. The number of amides is 6. The minimum Gasteiger partial charge on any atom is -0.377 e. The number of carbonyl (C=O) groups is 6. The summed E-state index contributed by atoms with van der Waals surface area (Å²) in [5, 5.41) is 14.7. The second-order valence-corrected chi connectivity index (χ2v) is 15.6. The van der Waals surface area contributed by atoms with E-state index < -0.39 is 17.9 Å². The molecule has 18 heteroatoms. The van der Waals surface area contributed by atoms with Crippen LogP contribution in [0.5, 0.6) is 0 Å². The lowest BCUT2D eigenvalue weighted by molar-refractivity contribution is -0.137. The van der Waals surface area contributed by atoms with Crippen molar-refractivity contribution >= 4 is 64.4 Å². The van der Waals surface area contributed by atoms with Crippen molar-refractivity contribution in [2.24, 2.45) is 0 Å². The van der Waals surface area contributed by atoms with Crippen LogP contribution in [-0.4, -0.2) is 115 Å². The third kappa shape index (κ3) is 11.6. The van der Waals surface area contributed by atoms with E-state index in [1.54, 1.807) is 36.7 Å². The summed E-state index contributed by atoms with van der Waals surface area (Å²) >= 11 is 1.45. The molecule has 0 bridgehead atoms. The fraction of sp³-hybridized carbons (Fsp3) is 0.450. The maximum absolute atomic E-state index is 12.9. The number of nitrogens with zero attached hydrogens (tertiary/aromatic N) is 4. The fourth-order valence-corrected chi connectivity index (χ4v) is 7.58. The molecule has 0 aliphatic carbocycles. The van der Waals surface area contributed by atoms with E-state index in [1.807, 2.05) is 25.2 Å². The largest absolute Gasteiger partial charge is 0.377 e. The van der Waals surface area contributed by atoms with Crippen LogP contribution >= 0.6 is 11.8 Å². The molecule has 6 amide bonds. The molecule has 3 aliphatic rings. The second-order valence-electron chi connectivity index (χ2n) is 14.5. The van der Waals surface area contributed by atoms with Crippen LogP contribution in [0.4, 0.5) is 17.2 Å². The molecule has 1 unspecified atom stereocenters. The van der Waals surface area contributed by atoms with Crippen LogP contribution in [0.2, 0.25) is 0 Å². The van der Waals surface area contributed by atoms with Crippen molar-refractivity contribution in [3.05, 3.63) is 66.0 Å². The van der Waals surface area contributed by atoms with E-state index >= 15 is 0 Å². The fourth-order valence-electron chi connectivity index (χ4n) is 6.80. The van der Waals surface area contributed by atoms with Gasteiger partial charge >= 0.3 is 0 Å². The Morgan fingerprint density at radius 1 is 0.914 bits per heavy atom. The number of aromatic nitrogens is 2. The van der Waals surface area contributed by atoms with E-state index in [9.17, 15) is 28.8 Å². The molecule has 308 valence electrons. The van der Waals surface area contributed by atoms with E-state index in [2.05, 4.69) is 48.4 Å². The van der Waals surface area contributed by atoms with Crippen molar-refractivity contribution in [1.82, 2.24) is 30.8 Å². The minimum atomic E-state index is -0.714. The van der Waals surface area contributed by atoms with Gasteiger partial charge in [-0.3, -0.25) is 34.1 Å². The number of anilines is 3. The summed E-state index contributed by atoms with van der Waals surface area (Å²) in [6.07, 6.45) is 6.12. The second kappa shape index (κ2) is 19.8. The van der Waals surface area contributed by atoms with E-state index in [0.29, 0.717) is 22.5 Å². The van der Waals surface area contributed by atoms with Crippen LogP contribution in [0.15, 0.2) is 64.8 Å². The Labute approximate surface area is 340 Å². The van der Waals surface area contributed by atoms with Gasteiger partial charge in [-0.25, -0.2) is 9.97 Å². The van der Waals surface area contributed by atoms with Gasteiger partial charge in [0.25, 0.3) is 5.91 Å². The first-order valence-corrected chi connectivity index (χ1v) is 20.1. The predicted octanol–water partition coefficient (Wildman–Crippen LogP) is 2.47. The molecule has 2 saturated heterocycles. The molecule has 6 rings (SSSR count). The summed E-state index contributed by atoms with van der Waals surface area (Å²) in [6, 6.07) is 11.6. The third-order valence-corrected chi connectivity index (χ3v) is 11.2. The van der Waals surface area contributed by atoms with E-state index in [1.165, 1.54) is 16.7 Å². The first-order valence-electron chi connectivity index (χ1n) is 19.3. The van der Waals surface area contributed by atoms with Crippen molar-refractivity contribution in [3.63, 3.8) is 0 Å². The molecule has 2 fully saturated rings. The lowest BCUT2D eigenvalue weighted by Gasteiger charge is -2.39. The van der Waals surface area contributed by atoms with Gasteiger partial charge in [0, 0.05) is 72.8 Å². The number of carbonyl (C=O) groups excluding carboxylic acids is 6. The molecule has 17 nitrogen and oxygen atoms in total. The molecule has 3 aliphatic heterocycles. The van der Waals surface area contributed by atoms with Crippen molar-refractivity contribution < 1.29 is 38.2 Å². The van der Waals surface area contributed by atoms with Gasteiger partial charge in [0.05, 0.1) is 32.2 Å². The maximum atomic E-state index is 12.9. The lowest BCUT2D eigenvalue weighted by atomic mass is 9.90. The van der Waals surface area contributed by atoms with Gasteiger partial charge in [-0.1, -0.05) is 17.8 Å². The maximum Gasteiger partial charge on any atom is 0.255 e. The number of benzene rings is 2. The molecular formula is C40H49N9O8S. The first kappa shape index (κ1) is 42.2. The normalized spacial score (nSPS) is 17.4. The summed E-state index contributed by atoms with van der Waals surface area (Å²) < 4.78 is 10.9. The SMILES string of the molecule is CNC1(C)CCN(c2cnc(Sc3cccc(NC(=O)CCC(=O)NCCOCCOCC(=O)Nc4ccc5c(c4)CN(C4CCC(=O)NC4=O)C5=O)c3)cn2)CC1. The monoisotopic (exact) mass is 815 g/mol. The molecule has 3 aromatic rings. The van der Waals surface area contributed by atoms with Gasteiger partial charge in [-0.2, -0.15) is 0 Å². The molecule has 0 saturated carbocycles. The van der Waals surface area contributed by atoms with Crippen LogP contribution in [0.1, 0.15) is 61.4 Å². The quantitative estimate of drug-likeness (QED) is 0.0924. The molecule has 5 N–H and O–H groups in total. The highest BCUT2D eigenvalue weighted by Gasteiger charge is 2.39. The highest BCUT2D eigenvalue weighted by Crippen LogP contribution is 2.31. The zero-order chi connectivity index (χ0) is 41.1. The molecule has 0 radical (unpaired) electrons. The Hall–Kier alpha value is -5.43. The molecule has 4 heterocycles. The van der Waals surface area contributed by atoms with E-state index in [-0.39, 0.29) is 94.4 Å². The van der Waals surface area contributed by atoms with Crippen molar-refractivity contribution in [3.8, 4) is 0 Å². The Kier molecular flexibility index (Phi) is 14.4. The minimum absolute atomic E-state index is 0.0151. The summed E-state index contributed by atoms with van der Waals surface area (Å²) in [5.41, 5.74) is 2.38. The average molecular weight is 816 g/mol. The predicted molar refractivity (Wildman–Crippen MR) is 215 cm³/mol. The number of imide groups is 1. The van der Waals surface area contributed by atoms with Crippen molar-refractivity contribution in [2.45, 2.75) is 73.5 Å². The van der Waals surface area contributed by atoms with Crippen LogP contribution in [0.25, 0.3) is 0 Å². The third-order valence-electron chi connectivity index (χ3n) is 10.3. The number of ether oxygens (including phenoxy) is 2. The van der Waals surface area contributed by atoms with Crippen LogP contribution in [-0.2, 0) is 40.0 Å². The summed E-state index contributed by atoms with van der Waals surface area (Å²) in [4.78, 5) is 87.7. The Balaban J connectivity index is 0.798. The van der Waals surface area contributed by atoms with Crippen molar-refractivity contribution in [1.29, 1.82) is 0 Å². The number of piperidine rings is 2. The van der Waals surface area contributed by atoms with Crippen molar-refractivity contribution in [2.75, 3.05) is 68.6 Å². The molecule has 1 atom stereocenters. The number of fused-ring (bicyclic) bond motifs is 1. The number of rotatable bonds is 18. The van der Waals surface area contributed by atoms with Crippen LogP contribution in [0.3, 0.4) is 0 Å². The topological polar surface area (TPSA) is 213 Å². The standard InChI is InChI=1S/C40H49N9O8S/c1-40(41-2)12-15-48(16-13-40)32-22-44-37(23-43-32)58-29-5-3-4-27(21-29)45-34(51)11-10-33(50)42-14-17-56-18-19-57-25-36(53)46-28-6-7-30-26(20-28)24-49(39(30)55)31-8-9-35(52)47-38(31)54/h3-7,20-23,31,41H,8-19,24-25H2,1-2H3,(H,42,50)(H,45,51)(H,46,53)(H,47,52,54). The zero-order valence-electron chi connectivity index (χ0n) is 32.6. The Bertz CT molecular complexity index is 1990. The number of nitrogens with one attached hydrogen (secondary N) is 5. The zero-order valence-corrected chi connectivity index (χ0v) is 33.5. The van der Waals surface area contributed by atoms with E-state index in [4.69, 9.17) is 9.47 Å². The Morgan fingerprint density at radius 3 is 2.43 bits per heavy atom. The van der Waals surface area contributed by atoms with Gasteiger partial charge in [0.15, 0.2) is 0 Å². The Morgan fingerprint density at radius 2 is 1.67 bits per heavy atom. The number of hydrogen-bond acceptors (Lipinski definition) is 13. The van der Waals surface area contributed by atoms with Gasteiger partial charge in [-0.15, -0.1) is 0 Å². The summed E-state index contributed by atoms with van der Waals surface area (Å²) in [5.74, 6) is -1.21. The summed E-state index contributed by atoms with van der Waals surface area (Å²) in [7, 11) is 2.01. The van der Waals surface area contributed by atoms with Gasteiger partial charge in [0.1, 0.15) is 23.5 Å². The molecule has 58 heavy (non-hydrogen) atoms. The van der Waals surface area contributed by atoms with Crippen LogP contribution < -0.4 is 31.5 Å². The molecular weight excluding hydrogens is 767 g/mol.